The molecule has 3 aromatic rings. The van der Waals surface area contributed by atoms with Gasteiger partial charge in [0.2, 0.25) is 0 Å². The molecule has 1 N–H and O–H groups in total. The summed E-state index contributed by atoms with van der Waals surface area (Å²) in [6.45, 7) is 6.62. The van der Waals surface area contributed by atoms with Crippen molar-refractivity contribution >= 4 is 23.9 Å². The van der Waals surface area contributed by atoms with Crippen LogP contribution in [0.15, 0.2) is 54.6 Å². The molecule has 0 saturated heterocycles. The molecule has 1 aromatic heterocycles. The van der Waals surface area contributed by atoms with E-state index in [0.29, 0.717) is 6.61 Å². The summed E-state index contributed by atoms with van der Waals surface area (Å²) in [5.74, 6) is 2.38. The van der Waals surface area contributed by atoms with Crippen LogP contribution in [0.2, 0.25) is 0 Å². The molecule has 2 aromatic carbocycles. The van der Waals surface area contributed by atoms with Gasteiger partial charge in [-0.05, 0) is 45.0 Å². The summed E-state index contributed by atoms with van der Waals surface area (Å²) >= 11 is 0. The van der Waals surface area contributed by atoms with Gasteiger partial charge < -0.3 is 10.1 Å². The van der Waals surface area contributed by atoms with E-state index in [-0.39, 0.29) is 12.4 Å². The molecule has 0 aliphatic rings. The Labute approximate surface area is 154 Å². The Hall–Kier alpha value is -2.59. The maximum absolute atomic E-state index is 5.46. The molecule has 4 nitrogen and oxygen atoms in total. The highest BCUT2D eigenvalue weighted by molar-refractivity contribution is 5.85. The zero-order valence-corrected chi connectivity index (χ0v) is 15.4. The SMILES string of the molecule is CCOc1ccc(Nc2cc(-c3ccc(C)cc3)nc(C)n2)cc1.Cl. The minimum atomic E-state index is 0. The second kappa shape index (κ2) is 8.49. The minimum absolute atomic E-state index is 0. The predicted octanol–water partition coefficient (Wildman–Crippen LogP) is 5.32. The monoisotopic (exact) mass is 355 g/mol. The fourth-order valence-electron chi connectivity index (χ4n) is 2.45. The van der Waals surface area contributed by atoms with E-state index in [1.54, 1.807) is 0 Å². The first-order chi connectivity index (χ1) is 11.6. The van der Waals surface area contributed by atoms with E-state index in [4.69, 9.17) is 4.74 Å². The number of aromatic nitrogens is 2. The molecule has 5 heteroatoms. The van der Waals surface area contributed by atoms with Gasteiger partial charge in [0, 0.05) is 17.3 Å². The van der Waals surface area contributed by atoms with E-state index in [0.717, 1.165) is 34.3 Å². The van der Waals surface area contributed by atoms with Crippen LogP contribution in [0.5, 0.6) is 5.75 Å². The summed E-state index contributed by atoms with van der Waals surface area (Å²) in [5, 5.41) is 3.33. The van der Waals surface area contributed by atoms with Crippen molar-refractivity contribution in [3.05, 3.63) is 66.0 Å². The molecule has 3 rings (SSSR count). The van der Waals surface area contributed by atoms with Gasteiger partial charge in [0.1, 0.15) is 17.4 Å². The molecule has 0 aliphatic carbocycles. The molecular formula is C20H22ClN3O. The lowest BCUT2D eigenvalue weighted by Gasteiger charge is -2.10. The Balaban J connectivity index is 0.00000225. The number of halogens is 1. The average molecular weight is 356 g/mol. The van der Waals surface area contributed by atoms with Gasteiger partial charge in [-0.1, -0.05) is 29.8 Å². The van der Waals surface area contributed by atoms with Crippen LogP contribution in [-0.4, -0.2) is 16.6 Å². The minimum Gasteiger partial charge on any atom is -0.494 e. The topological polar surface area (TPSA) is 47.0 Å². The molecule has 130 valence electrons. The number of benzene rings is 2. The van der Waals surface area contributed by atoms with Crippen LogP contribution in [-0.2, 0) is 0 Å². The molecular weight excluding hydrogens is 334 g/mol. The predicted molar refractivity (Wildman–Crippen MR) is 105 cm³/mol. The fourth-order valence-corrected chi connectivity index (χ4v) is 2.45. The number of rotatable bonds is 5. The second-order valence-corrected chi connectivity index (χ2v) is 5.63. The van der Waals surface area contributed by atoms with Crippen molar-refractivity contribution in [1.29, 1.82) is 0 Å². The van der Waals surface area contributed by atoms with E-state index in [1.807, 2.05) is 44.2 Å². The third kappa shape index (κ3) is 4.94. The van der Waals surface area contributed by atoms with Crippen LogP contribution < -0.4 is 10.1 Å². The molecule has 0 unspecified atom stereocenters. The summed E-state index contributed by atoms with van der Waals surface area (Å²) in [7, 11) is 0. The number of anilines is 2. The summed E-state index contributed by atoms with van der Waals surface area (Å²) in [6.07, 6.45) is 0. The third-order valence-electron chi connectivity index (χ3n) is 3.62. The van der Waals surface area contributed by atoms with Crippen LogP contribution in [0.3, 0.4) is 0 Å². The first kappa shape index (κ1) is 18.7. The van der Waals surface area contributed by atoms with Crippen LogP contribution in [0.1, 0.15) is 18.3 Å². The maximum atomic E-state index is 5.46. The van der Waals surface area contributed by atoms with Crippen molar-refractivity contribution in [1.82, 2.24) is 9.97 Å². The molecule has 25 heavy (non-hydrogen) atoms. The number of hydrogen-bond acceptors (Lipinski definition) is 4. The lowest BCUT2D eigenvalue weighted by atomic mass is 10.1. The van der Waals surface area contributed by atoms with Gasteiger partial charge >= 0.3 is 0 Å². The van der Waals surface area contributed by atoms with Crippen molar-refractivity contribution in [2.24, 2.45) is 0 Å². The van der Waals surface area contributed by atoms with Crippen LogP contribution >= 0.6 is 12.4 Å². The normalized spacial score (nSPS) is 10.0. The molecule has 0 amide bonds. The molecule has 1 heterocycles. The Bertz CT molecular complexity index is 817. The van der Waals surface area contributed by atoms with E-state index >= 15 is 0 Å². The van der Waals surface area contributed by atoms with E-state index < -0.39 is 0 Å². The van der Waals surface area contributed by atoms with Crippen molar-refractivity contribution in [2.45, 2.75) is 20.8 Å². The van der Waals surface area contributed by atoms with Crippen molar-refractivity contribution in [3.8, 4) is 17.0 Å². The highest BCUT2D eigenvalue weighted by Gasteiger charge is 2.05. The standard InChI is InChI=1S/C20H21N3O.ClH/c1-4-24-18-11-9-17(10-12-18)23-20-13-19(21-15(3)22-20)16-7-5-14(2)6-8-16;/h5-13H,4H2,1-3H3,(H,21,22,23);1H. The third-order valence-corrected chi connectivity index (χ3v) is 3.62. The number of nitrogens with one attached hydrogen (secondary N) is 1. The van der Waals surface area contributed by atoms with Gasteiger partial charge in [0.05, 0.1) is 12.3 Å². The number of aryl methyl sites for hydroxylation is 2. The van der Waals surface area contributed by atoms with Crippen molar-refractivity contribution in [3.63, 3.8) is 0 Å². The second-order valence-electron chi connectivity index (χ2n) is 5.63. The van der Waals surface area contributed by atoms with Crippen molar-refractivity contribution in [2.75, 3.05) is 11.9 Å². The molecule has 0 radical (unpaired) electrons. The largest absolute Gasteiger partial charge is 0.494 e. The first-order valence-electron chi connectivity index (χ1n) is 8.06. The highest BCUT2D eigenvalue weighted by Crippen LogP contribution is 2.23. The molecule has 0 fully saturated rings. The van der Waals surface area contributed by atoms with Gasteiger partial charge in [0.15, 0.2) is 0 Å². The average Bonchev–Trinajstić information content (AvgIpc) is 2.57. The first-order valence-corrected chi connectivity index (χ1v) is 8.06. The summed E-state index contributed by atoms with van der Waals surface area (Å²) < 4.78 is 5.46. The number of nitrogens with zero attached hydrogens (tertiary/aromatic N) is 2. The molecule has 0 bridgehead atoms. The van der Waals surface area contributed by atoms with Gasteiger partial charge in [-0.25, -0.2) is 9.97 Å². The zero-order chi connectivity index (χ0) is 16.9. The number of ether oxygens (including phenoxy) is 1. The van der Waals surface area contributed by atoms with Crippen LogP contribution in [0.25, 0.3) is 11.3 Å². The maximum Gasteiger partial charge on any atom is 0.134 e. The molecule has 0 aliphatic heterocycles. The summed E-state index contributed by atoms with van der Waals surface area (Å²) in [5.41, 5.74) is 4.19. The molecule has 0 atom stereocenters. The lowest BCUT2D eigenvalue weighted by Crippen LogP contribution is -1.99. The van der Waals surface area contributed by atoms with Crippen LogP contribution in [0.4, 0.5) is 11.5 Å². The Kier molecular flexibility index (Phi) is 6.37. The van der Waals surface area contributed by atoms with Gasteiger partial charge in [-0.2, -0.15) is 0 Å². The fraction of sp³-hybridized carbons (Fsp3) is 0.200. The summed E-state index contributed by atoms with van der Waals surface area (Å²) in [4.78, 5) is 9.02. The lowest BCUT2D eigenvalue weighted by molar-refractivity contribution is 0.340. The quantitative estimate of drug-likeness (QED) is 0.672. The molecule has 0 saturated carbocycles. The van der Waals surface area contributed by atoms with Gasteiger partial charge in [-0.15, -0.1) is 12.4 Å². The van der Waals surface area contributed by atoms with Gasteiger partial charge in [-0.3, -0.25) is 0 Å². The van der Waals surface area contributed by atoms with E-state index in [2.05, 4.69) is 46.5 Å². The summed E-state index contributed by atoms with van der Waals surface area (Å²) in [6, 6.07) is 18.2. The van der Waals surface area contributed by atoms with E-state index in [1.165, 1.54) is 5.56 Å². The highest BCUT2D eigenvalue weighted by atomic mass is 35.5. The zero-order valence-electron chi connectivity index (χ0n) is 14.6. The Morgan fingerprint density at radius 3 is 2.24 bits per heavy atom. The van der Waals surface area contributed by atoms with E-state index in [9.17, 15) is 0 Å². The Morgan fingerprint density at radius 1 is 0.920 bits per heavy atom. The van der Waals surface area contributed by atoms with Crippen LogP contribution in [0, 0.1) is 13.8 Å². The smallest absolute Gasteiger partial charge is 0.134 e. The molecule has 0 spiro atoms. The Morgan fingerprint density at radius 2 is 1.60 bits per heavy atom. The number of hydrogen-bond donors (Lipinski definition) is 1. The van der Waals surface area contributed by atoms with Gasteiger partial charge in [0.25, 0.3) is 0 Å². The van der Waals surface area contributed by atoms with Crippen molar-refractivity contribution < 1.29 is 4.74 Å².